The van der Waals surface area contributed by atoms with Gasteiger partial charge in [-0.1, -0.05) is 19.1 Å². The molecule has 0 fully saturated rings. The molecule has 0 atom stereocenters. The minimum atomic E-state index is -4.51. The minimum Gasteiger partial charge on any atom is -0.332 e. The highest BCUT2D eigenvalue weighted by atomic mass is 32.2. The van der Waals surface area contributed by atoms with Crippen molar-refractivity contribution >= 4 is 38.7 Å². The summed E-state index contributed by atoms with van der Waals surface area (Å²) in [7, 11) is -3.58. The molecule has 3 N–H and O–H groups in total. The highest BCUT2D eigenvalue weighted by molar-refractivity contribution is 7.89. The molecule has 0 saturated heterocycles. The molecule has 0 heterocycles. The summed E-state index contributed by atoms with van der Waals surface area (Å²) in [5.41, 5.74) is -0.581. The number of sulfonamides is 1. The smallest absolute Gasteiger partial charge is 0.332 e. The van der Waals surface area contributed by atoms with Gasteiger partial charge in [0.25, 0.3) is 0 Å². The van der Waals surface area contributed by atoms with E-state index in [2.05, 4.69) is 15.4 Å². The normalized spacial score (nSPS) is 11.8. The summed E-state index contributed by atoms with van der Waals surface area (Å²) < 4.78 is 65.0. The standard InChI is InChI=1S/C16H16F3N3O2S2/c1-2-20-26(23,24)12-9-7-11(8-10-12)21-15(25)22-14-6-4-3-5-13(14)16(17,18)19/h3-10,20H,2H2,1H3,(H2,21,22,25). The quantitative estimate of drug-likeness (QED) is 0.663. The van der Waals surface area contributed by atoms with Crippen molar-refractivity contribution in [1.82, 2.24) is 4.72 Å². The van der Waals surface area contributed by atoms with Crippen LogP contribution in [0.1, 0.15) is 12.5 Å². The van der Waals surface area contributed by atoms with Gasteiger partial charge in [-0.25, -0.2) is 13.1 Å². The Morgan fingerprint density at radius 1 is 1.04 bits per heavy atom. The molecule has 0 spiro atoms. The van der Waals surface area contributed by atoms with Gasteiger partial charge in [-0.2, -0.15) is 13.2 Å². The van der Waals surface area contributed by atoms with E-state index in [1.807, 2.05) is 0 Å². The molecular weight excluding hydrogens is 387 g/mol. The highest BCUT2D eigenvalue weighted by Gasteiger charge is 2.33. The highest BCUT2D eigenvalue weighted by Crippen LogP contribution is 2.34. The zero-order valence-electron chi connectivity index (χ0n) is 13.6. The lowest BCUT2D eigenvalue weighted by Gasteiger charge is -2.16. The van der Waals surface area contributed by atoms with E-state index in [4.69, 9.17) is 12.2 Å². The number of para-hydroxylation sites is 1. The fourth-order valence-electron chi connectivity index (χ4n) is 2.11. The van der Waals surface area contributed by atoms with Gasteiger partial charge in [-0.3, -0.25) is 0 Å². The van der Waals surface area contributed by atoms with Gasteiger partial charge in [-0.15, -0.1) is 0 Å². The van der Waals surface area contributed by atoms with Crippen LogP contribution in [-0.4, -0.2) is 20.1 Å². The van der Waals surface area contributed by atoms with Gasteiger partial charge in [0.15, 0.2) is 5.11 Å². The molecule has 2 aromatic carbocycles. The number of nitrogens with one attached hydrogen (secondary N) is 3. The van der Waals surface area contributed by atoms with Crippen LogP contribution in [-0.2, 0) is 16.2 Å². The molecule has 0 saturated carbocycles. The second-order valence-electron chi connectivity index (χ2n) is 5.15. The van der Waals surface area contributed by atoms with Gasteiger partial charge < -0.3 is 10.6 Å². The maximum atomic E-state index is 13.0. The van der Waals surface area contributed by atoms with Crippen molar-refractivity contribution in [2.45, 2.75) is 18.0 Å². The SMILES string of the molecule is CCNS(=O)(=O)c1ccc(NC(=S)Nc2ccccc2C(F)(F)F)cc1. The third kappa shape index (κ3) is 5.16. The zero-order chi connectivity index (χ0) is 19.4. The van der Waals surface area contributed by atoms with Gasteiger partial charge in [0, 0.05) is 12.2 Å². The summed E-state index contributed by atoms with van der Waals surface area (Å²) in [6, 6.07) is 10.6. The molecule has 2 aromatic rings. The van der Waals surface area contributed by atoms with Gasteiger partial charge in [0.2, 0.25) is 10.0 Å². The minimum absolute atomic E-state index is 0.0519. The summed E-state index contributed by atoms with van der Waals surface area (Å²) in [4.78, 5) is 0.0752. The molecule has 10 heteroatoms. The maximum Gasteiger partial charge on any atom is 0.418 e. The molecule has 0 aliphatic rings. The fourth-order valence-corrected chi connectivity index (χ4v) is 3.38. The molecule has 0 aliphatic carbocycles. The lowest BCUT2D eigenvalue weighted by Crippen LogP contribution is -2.23. The number of hydrogen-bond acceptors (Lipinski definition) is 3. The van der Waals surface area contributed by atoms with Crippen molar-refractivity contribution < 1.29 is 21.6 Å². The van der Waals surface area contributed by atoms with E-state index >= 15 is 0 Å². The van der Waals surface area contributed by atoms with Crippen molar-refractivity contribution in [3.63, 3.8) is 0 Å². The molecule has 0 aromatic heterocycles. The molecule has 5 nitrogen and oxygen atoms in total. The Morgan fingerprint density at radius 3 is 2.23 bits per heavy atom. The number of thiocarbonyl (C=S) groups is 1. The summed E-state index contributed by atoms with van der Waals surface area (Å²) in [5, 5.41) is 5.17. The summed E-state index contributed by atoms with van der Waals surface area (Å²) >= 11 is 5.03. The Balaban J connectivity index is 2.10. The topological polar surface area (TPSA) is 70.2 Å². The fraction of sp³-hybridized carbons (Fsp3) is 0.188. The van der Waals surface area contributed by atoms with Crippen LogP contribution in [0.25, 0.3) is 0 Å². The molecular formula is C16H16F3N3O2S2. The lowest BCUT2D eigenvalue weighted by molar-refractivity contribution is -0.136. The number of alkyl halides is 3. The van der Waals surface area contributed by atoms with E-state index in [0.717, 1.165) is 6.07 Å². The van der Waals surface area contributed by atoms with Gasteiger partial charge in [0.05, 0.1) is 16.1 Å². The Labute approximate surface area is 154 Å². The lowest BCUT2D eigenvalue weighted by atomic mass is 10.1. The van der Waals surface area contributed by atoms with Crippen LogP contribution in [0.15, 0.2) is 53.4 Å². The average Bonchev–Trinajstić information content (AvgIpc) is 2.54. The van der Waals surface area contributed by atoms with Crippen LogP contribution < -0.4 is 15.4 Å². The van der Waals surface area contributed by atoms with E-state index in [-0.39, 0.29) is 22.2 Å². The van der Waals surface area contributed by atoms with Crippen LogP contribution in [0.5, 0.6) is 0 Å². The first-order chi connectivity index (χ1) is 12.1. The molecule has 140 valence electrons. The van der Waals surface area contributed by atoms with Gasteiger partial charge in [-0.05, 0) is 48.6 Å². The van der Waals surface area contributed by atoms with Crippen LogP contribution in [0.3, 0.4) is 0 Å². The summed E-state index contributed by atoms with van der Waals surface area (Å²) in [6.45, 7) is 1.92. The number of hydrogen-bond donors (Lipinski definition) is 3. The summed E-state index contributed by atoms with van der Waals surface area (Å²) in [5.74, 6) is 0. The first-order valence-electron chi connectivity index (χ1n) is 7.47. The summed E-state index contributed by atoms with van der Waals surface area (Å²) in [6.07, 6.45) is -4.51. The third-order valence-electron chi connectivity index (χ3n) is 3.24. The molecule has 0 radical (unpaired) electrons. The van der Waals surface area contributed by atoms with Crippen LogP contribution in [0.4, 0.5) is 24.5 Å². The largest absolute Gasteiger partial charge is 0.418 e. The van der Waals surface area contributed by atoms with Crippen molar-refractivity contribution in [1.29, 1.82) is 0 Å². The van der Waals surface area contributed by atoms with Gasteiger partial charge >= 0.3 is 6.18 Å². The average molecular weight is 403 g/mol. The monoisotopic (exact) mass is 403 g/mol. The van der Waals surface area contributed by atoms with E-state index < -0.39 is 21.8 Å². The number of rotatable bonds is 5. The predicted octanol–water partition coefficient (Wildman–Crippen LogP) is 3.81. The second kappa shape index (κ2) is 8.02. The second-order valence-corrected chi connectivity index (χ2v) is 7.32. The Bertz CT molecular complexity index is 882. The third-order valence-corrected chi connectivity index (χ3v) is 5.00. The number of anilines is 2. The molecule has 0 aliphatic heterocycles. The Hall–Kier alpha value is -2.17. The maximum absolute atomic E-state index is 13.0. The van der Waals surface area contributed by atoms with Crippen molar-refractivity contribution in [3.8, 4) is 0 Å². The van der Waals surface area contributed by atoms with E-state index in [1.54, 1.807) is 6.92 Å². The Kier molecular flexibility index (Phi) is 6.21. The van der Waals surface area contributed by atoms with Crippen LogP contribution in [0.2, 0.25) is 0 Å². The van der Waals surface area contributed by atoms with Crippen molar-refractivity contribution in [3.05, 3.63) is 54.1 Å². The number of halogens is 3. The van der Waals surface area contributed by atoms with Crippen LogP contribution >= 0.6 is 12.2 Å². The Morgan fingerprint density at radius 2 is 1.65 bits per heavy atom. The van der Waals surface area contributed by atoms with Gasteiger partial charge in [0.1, 0.15) is 0 Å². The van der Waals surface area contributed by atoms with E-state index in [1.165, 1.54) is 42.5 Å². The molecule has 0 amide bonds. The molecule has 0 bridgehead atoms. The molecule has 0 unspecified atom stereocenters. The molecule has 26 heavy (non-hydrogen) atoms. The van der Waals surface area contributed by atoms with E-state index in [9.17, 15) is 21.6 Å². The predicted molar refractivity (Wildman–Crippen MR) is 98.6 cm³/mol. The first kappa shape index (κ1) is 20.1. The van der Waals surface area contributed by atoms with Crippen molar-refractivity contribution in [2.24, 2.45) is 0 Å². The number of benzene rings is 2. The van der Waals surface area contributed by atoms with Crippen LogP contribution in [0, 0.1) is 0 Å². The van der Waals surface area contributed by atoms with E-state index in [0.29, 0.717) is 5.69 Å². The molecule has 2 rings (SSSR count). The van der Waals surface area contributed by atoms with Crippen molar-refractivity contribution in [2.75, 3.05) is 17.2 Å². The first-order valence-corrected chi connectivity index (χ1v) is 9.36. The zero-order valence-corrected chi connectivity index (χ0v) is 15.2.